The van der Waals surface area contributed by atoms with Gasteiger partial charge in [0.15, 0.2) is 0 Å². The molecule has 0 fully saturated rings. The van der Waals surface area contributed by atoms with Crippen molar-refractivity contribution in [1.82, 2.24) is 5.32 Å². The van der Waals surface area contributed by atoms with Crippen LogP contribution < -0.4 is 5.32 Å². The predicted molar refractivity (Wildman–Crippen MR) is 69.3 cm³/mol. The van der Waals surface area contributed by atoms with Crippen LogP contribution in [0.2, 0.25) is 0 Å². The van der Waals surface area contributed by atoms with Gasteiger partial charge < -0.3 is 5.32 Å². The van der Waals surface area contributed by atoms with Crippen LogP contribution in [0.15, 0.2) is 0 Å². The highest BCUT2D eigenvalue weighted by molar-refractivity contribution is 7.98. The molecule has 0 aromatic rings. The van der Waals surface area contributed by atoms with Crippen LogP contribution in [0.5, 0.6) is 0 Å². The average molecular weight is 242 g/mol. The van der Waals surface area contributed by atoms with Crippen LogP contribution in [0.4, 0.5) is 0 Å². The second-order valence-electron chi connectivity index (χ2n) is 3.94. The summed E-state index contributed by atoms with van der Waals surface area (Å²) in [5.41, 5.74) is -0.804. The second kappa shape index (κ2) is 8.46. The van der Waals surface area contributed by atoms with Crippen LogP contribution in [0.25, 0.3) is 0 Å². The van der Waals surface area contributed by atoms with Gasteiger partial charge in [0.1, 0.15) is 5.41 Å². The molecule has 0 spiro atoms. The number of thioether (sulfide) groups is 1. The van der Waals surface area contributed by atoms with E-state index in [2.05, 4.69) is 11.4 Å². The first-order valence-electron chi connectivity index (χ1n) is 5.85. The van der Waals surface area contributed by atoms with Crippen molar-refractivity contribution in [3.05, 3.63) is 0 Å². The van der Waals surface area contributed by atoms with Gasteiger partial charge in [-0.05, 0) is 19.1 Å². The first-order chi connectivity index (χ1) is 7.66. The van der Waals surface area contributed by atoms with Gasteiger partial charge in [-0.25, -0.2) is 0 Å². The van der Waals surface area contributed by atoms with Crippen molar-refractivity contribution in [3.8, 4) is 6.07 Å². The summed E-state index contributed by atoms with van der Waals surface area (Å²) in [6.45, 7) is 4.67. The van der Waals surface area contributed by atoms with Crippen molar-refractivity contribution in [3.63, 3.8) is 0 Å². The highest BCUT2D eigenvalue weighted by Crippen LogP contribution is 2.29. The maximum Gasteiger partial charge on any atom is 0.240 e. The van der Waals surface area contributed by atoms with Crippen LogP contribution in [0, 0.1) is 16.7 Å². The molecule has 0 aliphatic rings. The van der Waals surface area contributed by atoms with Crippen molar-refractivity contribution in [2.24, 2.45) is 5.41 Å². The first kappa shape index (κ1) is 15.3. The third kappa shape index (κ3) is 4.44. The molecule has 0 atom stereocenters. The summed E-state index contributed by atoms with van der Waals surface area (Å²) in [5.74, 6) is 0.804. The molecular weight excluding hydrogens is 220 g/mol. The molecule has 0 saturated carbocycles. The molecule has 0 rings (SSSR count). The summed E-state index contributed by atoms with van der Waals surface area (Å²) in [5, 5.41) is 12.1. The van der Waals surface area contributed by atoms with Crippen LogP contribution >= 0.6 is 11.8 Å². The molecule has 3 nitrogen and oxygen atoms in total. The van der Waals surface area contributed by atoms with E-state index in [-0.39, 0.29) is 5.91 Å². The minimum atomic E-state index is -0.804. The number of carbonyl (C=O) groups is 1. The Labute approximate surface area is 103 Å². The lowest BCUT2D eigenvalue weighted by molar-refractivity contribution is -0.128. The standard InChI is InChI=1S/C12H22N2OS/c1-4-6-12(10-13,7-5-2)11(15)14-8-9-16-3/h4-9H2,1-3H3,(H,14,15). The molecule has 92 valence electrons. The zero-order chi connectivity index (χ0) is 12.4. The van der Waals surface area contributed by atoms with E-state index >= 15 is 0 Å². The molecule has 0 aliphatic carbocycles. The molecule has 0 saturated heterocycles. The van der Waals surface area contributed by atoms with E-state index in [1.807, 2.05) is 20.1 Å². The Morgan fingerprint density at radius 2 is 1.94 bits per heavy atom. The van der Waals surface area contributed by atoms with Gasteiger partial charge in [0.05, 0.1) is 6.07 Å². The molecule has 1 amide bonds. The maximum atomic E-state index is 12.0. The van der Waals surface area contributed by atoms with Crippen molar-refractivity contribution < 1.29 is 4.79 Å². The smallest absolute Gasteiger partial charge is 0.240 e. The average Bonchev–Trinajstić information content (AvgIpc) is 2.28. The molecule has 0 aromatic carbocycles. The summed E-state index contributed by atoms with van der Waals surface area (Å²) in [6, 6.07) is 2.23. The van der Waals surface area contributed by atoms with Gasteiger partial charge in [-0.1, -0.05) is 26.7 Å². The van der Waals surface area contributed by atoms with E-state index in [9.17, 15) is 10.1 Å². The lowest BCUT2D eigenvalue weighted by Crippen LogP contribution is -2.41. The quantitative estimate of drug-likeness (QED) is 0.666. The molecule has 0 radical (unpaired) electrons. The van der Waals surface area contributed by atoms with Crippen LogP contribution in [0.1, 0.15) is 39.5 Å². The number of amides is 1. The lowest BCUT2D eigenvalue weighted by atomic mass is 9.80. The summed E-state index contributed by atoms with van der Waals surface area (Å²) < 4.78 is 0. The molecule has 0 unspecified atom stereocenters. The highest BCUT2D eigenvalue weighted by Gasteiger charge is 2.36. The van der Waals surface area contributed by atoms with Gasteiger partial charge in [-0.15, -0.1) is 0 Å². The minimum absolute atomic E-state index is 0.0900. The molecule has 4 heteroatoms. The molecular formula is C12H22N2OS. The van der Waals surface area contributed by atoms with Crippen molar-refractivity contribution in [2.45, 2.75) is 39.5 Å². The monoisotopic (exact) mass is 242 g/mol. The number of hydrogen-bond acceptors (Lipinski definition) is 3. The number of hydrogen-bond donors (Lipinski definition) is 1. The summed E-state index contributed by atoms with van der Waals surface area (Å²) >= 11 is 1.69. The third-order valence-electron chi connectivity index (χ3n) is 2.59. The van der Waals surface area contributed by atoms with Crippen molar-refractivity contribution in [1.29, 1.82) is 5.26 Å². The molecule has 0 aliphatic heterocycles. The van der Waals surface area contributed by atoms with E-state index in [4.69, 9.17) is 0 Å². The first-order valence-corrected chi connectivity index (χ1v) is 7.24. The van der Waals surface area contributed by atoms with Crippen LogP contribution in [0.3, 0.4) is 0 Å². The van der Waals surface area contributed by atoms with Crippen molar-refractivity contribution >= 4 is 17.7 Å². The number of nitrogens with one attached hydrogen (secondary N) is 1. The summed E-state index contributed by atoms with van der Waals surface area (Å²) in [4.78, 5) is 12.0. The Bertz CT molecular complexity index is 242. The van der Waals surface area contributed by atoms with Crippen LogP contribution in [-0.2, 0) is 4.79 Å². The maximum absolute atomic E-state index is 12.0. The summed E-state index contributed by atoms with van der Waals surface area (Å²) in [7, 11) is 0. The minimum Gasteiger partial charge on any atom is -0.354 e. The topological polar surface area (TPSA) is 52.9 Å². The predicted octanol–water partition coefficient (Wildman–Crippen LogP) is 2.58. The van der Waals surface area contributed by atoms with E-state index in [0.717, 1.165) is 18.6 Å². The Morgan fingerprint density at radius 1 is 1.38 bits per heavy atom. The number of nitrogens with zero attached hydrogens (tertiary/aromatic N) is 1. The van der Waals surface area contributed by atoms with E-state index in [1.54, 1.807) is 11.8 Å². The van der Waals surface area contributed by atoms with E-state index < -0.39 is 5.41 Å². The van der Waals surface area contributed by atoms with Gasteiger partial charge >= 0.3 is 0 Å². The summed E-state index contributed by atoms with van der Waals surface area (Å²) in [6.07, 6.45) is 5.04. The number of carbonyl (C=O) groups excluding carboxylic acids is 1. The third-order valence-corrected chi connectivity index (χ3v) is 3.21. The second-order valence-corrected chi connectivity index (χ2v) is 4.93. The van der Waals surface area contributed by atoms with Gasteiger partial charge in [-0.3, -0.25) is 4.79 Å². The fourth-order valence-corrected chi connectivity index (χ4v) is 2.11. The zero-order valence-electron chi connectivity index (χ0n) is 10.5. The van der Waals surface area contributed by atoms with Gasteiger partial charge in [0.25, 0.3) is 0 Å². The lowest BCUT2D eigenvalue weighted by Gasteiger charge is -2.24. The Balaban J connectivity index is 4.48. The molecule has 0 bridgehead atoms. The Kier molecular flexibility index (Phi) is 8.10. The molecule has 0 heterocycles. The fourth-order valence-electron chi connectivity index (χ4n) is 1.80. The highest BCUT2D eigenvalue weighted by atomic mass is 32.2. The SMILES string of the molecule is CCCC(C#N)(CCC)C(=O)NCCSC. The zero-order valence-corrected chi connectivity index (χ0v) is 11.3. The van der Waals surface area contributed by atoms with Crippen molar-refractivity contribution in [2.75, 3.05) is 18.6 Å². The van der Waals surface area contributed by atoms with E-state index in [0.29, 0.717) is 19.4 Å². The number of rotatable bonds is 8. The van der Waals surface area contributed by atoms with Crippen LogP contribution in [-0.4, -0.2) is 24.5 Å². The van der Waals surface area contributed by atoms with Gasteiger partial charge in [0, 0.05) is 12.3 Å². The Hall–Kier alpha value is -0.690. The largest absolute Gasteiger partial charge is 0.354 e. The normalized spacial score (nSPS) is 10.9. The molecule has 1 N–H and O–H groups in total. The number of nitriles is 1. The molecule has 16 heavy (non-hydrogen) atoms. The van der Waals surface area contributed by atoms with E-state index in [1.165, 1.54) is 0 Å². The fraction of sp³-hybridized carbons (Fsp3) is 0.833. The molecule has 0 aromatic heterocycles. The van der Waals surface area contributed by atoms with Gasteiger partial charge in [0.2, 0.25) is 5.91 Å². The Morgan fingerprint density at radius 3 is 2.31 bits per heavy atom. The van der Waals surface area contributed by atoms with Gasteiger partial charge in [-0.2, -0.15) is 17.0 Å².